The Morgan fingerprint density at radius 3 is 2.88 bits per heavy atom. The van der Waals surface area contributed by atoms with Crippen molar-refractivity contribution in [3.8, 4) is 0 Å². The molecule has 0 aliphatic carbocycles. The number of fused-ring (bicyclic) bond motifs is 1. The number of pyridine rings is 1. The molecule has 0 amide bonds. The van der Waals surface area contributed by atoms with E-state index in [1.165, 1.54) is 13.2 Å². The molecule has 1 aromatic carbocycles. The first-order valence-corrected chi connectivity index (χ1v) is 7.80. The largest absolute Gasteiger partial charge is 0.469 e. The molecule has 0 fully saturated rings. The molecule has 0 atom stereocenters. The topological polar surface area (TPSA) is 87.3 Å². The van der Waals surface area contributed by atoms with Crippen LogP contribution >= 0.6 is 0 Å². The summed E-state index contributed by atoms with van der Waals surface area (Å²) in [4.78, 5) is 26.2. The molecule has 0 aliphatic rings. The molecule has 0 spiro atoms. The average molecular weight is 339 g/mol. The van der Waals surface area contributed by atoms with Crippen molar-refractivity contribution in [2.24, 2.45) is 0 Å². The predicted molar refractivity (Wildman–Crippen MR) is 92.3 cm³/mol. The third-order valence-corrected chi connectivity index (χ3v) is 4.06. The van der Waals surface area contributed by atoms with Crippen molar-refractivity contribution >= 4 is 22.6 Å². The van der Waals surface area contributed by atoms with Crippen molar-refractivity contribution in [3.05, 3.63) is 70.2 Å². The molecule has 2 aromatic heterocycles. The summed E-state index contributed by atoms with van der Waals surface area (Å²) in [5.41, 5.74) is 2.87. The molecular formula is C18H17N3O4. The van der Waals surface area contributed by atoms with E-state index in [4.69, 9.17) is 0 Å². The third kappa shape index (κ3) is 3.65. The first-order valence-electron chi connectivity index (χ1n) is 7.80. The van der Waals surface area contributed by atoms with Crippen LogP contribution in [0.2, 0.25) is 0 Å². The highest BCUT2D eigenvalue weighted by atomic mass is 16.6. The number of hydrogen-bond donors (Lipinski definition) is 0. The molecule has 2 heterocycles. The van der Waals surface area contributed by atoms with Crippen LogP contribution in [0.5, 0.6) is 0 Å². The molecule has 3 rings (SSSR count). The van der Waals surface area contributed by atoms with E-state index in [1.54, 1.807) is 24.5 Å². The van der Waals surface area contributed by atoms with Gasteiger partial charge in [-0.05, 0) is 23.3 Å². The van der Waals surface area contributed by atoms with Gasteiger partial charge in [0.15, 0.2) is 0 Å². The Morgan fingerprint density at radius 2 is 2.20 bits per heavy atom. The second-order valence-corrected chi connectivity index (χ2v) is 5.67. The van der Waals surface area contributed by atoms with E-state index in [0.717, 1.165) is 22.0 Å². The van der Waals surface area contributed by atoms with Crippen LogP contribution in [0.15, 0.2) is 48.9 Å². The second-order valence-electron chi connectivity index (χ2n) is 5.67. The molecule has 7 heteroatoms. The Hall–Kier alpha value is -3.22. The number of hydrogen-bond acceptors (Lipinski definition) is 5. The number of carbonyl (C=O) groups is 1. The molecule has 7 nitrogen and oxygen atoms in total. The van der Waals surface area contributed by atoms with E-state index in [-0.39, 0.29) is 18.1 Å². The number of carbonyl (C=O) groups excluding carboxylic acids is 1. The molecular weight excluding hydrogens is 322 g/mol. The van der Waals surface area contributed by atoms with Crippen LogP contribution < -0.4 is 0 Å². The number of non-ortho nitro benzene ring substituents is 1. The Bertz CT molecular complexity index is 919. The molecule has 0 N–H and O–H groups in total. The standard InChI is InChI=1S/C18H17N3O4/c1-25-18(22)6-8-20-12-14(9-13-3-2-7-19-11-13)16-10-15(21(23)24)4-5-17(16)20/h2-5,7,10-12H,6,8-9H2,1H3. The van der Waals surface area contributed by atoms with Gasteiger partial charge in [0.05, 0.1) is 18.5 Å². The van der Waals surface area contributed by atoms with Crippen LogP contribution in [-0.2, 0) is 22.5 Å². The highest BCUT2D eigenvalue weighted by molar-refractivity contribution is 5.86. The Balaban J connectivity index is 2.02. The molecule has 0 unspecified atom stereocenters. The van der Waals surface area contributed by atoms with E-state index in [1.807, 2.05) is 22.9 Å². The highest BCUT2D eigenvalue weighted by Gasteiger charge is 2.15. The first-order chi connectivity index (χ1) is 12.1. The SMILES string of the molecule is COC(=O)CCn1cc(Cc2cccnc2)c2cc([N+](=O)[O-])ccc21. The number of nitro benzene ring substituents is 1. The van der Waals surface area contributed by atoms with Gasteiger partial charge in [-0.2, -0.15) is 0 Å². The molecule has 0 saturated carbocycles. The lowest BCUT2D eigenvalue weighted by atomic mass is 10.1. The van der Waals surface area contributed by atoms with Gasteiger partial charge in [-0.1, -0.05) is 6.07 Å². The van der Waals surface area contributed by atoms with Crippen molar-refractivity contribution in [2.75, 3.05) is 7.11 Å². The van der Waals surface area contributed by atoms with Gasteiger partial charge >= 0.3 is 5.97 Å². The average Bonchev–Trinajstić information content (AvgIpc) is 2.97. The summed E-state index contributed by atoms with van der Waals surface area (Å²) in [6, 6.07) is 8.59. The van der Waals surface area contributed by atoms with Gasteiger partial charge in [0, 0.05) is 54.6 Å². The minimum atomic E-state index is -0.404. The smallest absolute Gasteiger partial charge is 0.307 e. The van der Waals surface area contributed by atoms with Crippen LogP contribution in [0.4, 0.5) is 5.69 Å². The van der Waals surface area contributed by atoms with Crippen molar-refractivity contribution in [3.63, 3.8) is 0 Å². The van der Waals surface area contributed by atoms with Crippen LogP contribution in [0.3, 0.4) is 0 Å². The van der Waals surface area contributed by atoms with Crippen molar-refractivity contribution in [1.82, 2.24) is 9.55 Å². The molecule has 25 heavy (non-hydrogen) atoms. The number of rotatable bonds is 6. The number of benzene rings is 1. The summed E-state index contributed by atoms with van der Waals surface area (Å²) in [5.74, 6) is -0.294. The normalized spacial score (nSPS) is 10.8. The molecule has 0 radical (unpaired) electrons. The van der Waals surface area contributed by atoms with E-state index >= 15 is 0 Å². The van der Waals surface area contributed by atoms with E-state index < -0.39 is 4.92 Å². The highest BCUT2D eigenvalue weighted by Crippen LogP contribution is 2.28. The van der Waals surface area contributed by atoms with Gasteiger partial charge in [-0.25, -0.2) is 0 Å². The fourth-order valence-corrected chi connectivity index (χ4v) is 2.83. The maximum atomic E-state index is 11.4. The van der Waals surface area contributed by atoms with Gasteiger partial charge in [-0.15, -0.1) is 0 Å². The quantitative estimate of drug-likeness (QED) is 0.391. The summed E-state index contributed by atoms with van der Waals surface area (Å²) >= 11 is 0. The van der Waals surface area contributed by atoms with Gasteiger partial charge in [0.2, 0.25) is 0 Å². The van der Waals surface area contributed by atoms with Crippen LogP contribution in [-0.4, -0.2) is 27.6 Å². The van der Waals surface area contributed by atoms with Gasteiger partial charge in [-0.3, -0.25) is 19.9 Å². The van der Waals surface area contributed by atoms with Crippen LogP contribution in [0.1, 0.15) is 17.5 Å². The summed E-state index contributed by atoms with van der Waals surface area (Å²) in [5, 5.41) is 11.9. The van der Waals surface area contributed by atoms with Gasteiger partial charge < -0.3 is 9.30 Å². The Morgan fingerprint density at radius 1 is 1.36 bits per heavy atom. The number of methoxy groups -OCH3 is 1. The van der Waals surface area contributed by atoms with E-state index in [2.05, 4.69) is 9.72 Å². The lowest BCUT2D eigenvalue weighted by molar-refractivity contribution is -0.384. The summed E-state index contributed by atoms with van der Waals surface area (Å²) in [7, 11) is 1.35. The Kier molecular flexibility index (Phi) is 4.74. The fraction of sp³-hybridized carbons (Fsp3) is 0.222. The monoisotopic (exact) mass is 339 g/mol. The van der Waals surface area contributed by atoms with Crippen molar-refractivity contribution in [2.45, 2.75) is 19.4 Å². The van der Waals surface area contributed by atoms with Crippen molar-refractivity contribution in [1.29, 1.82) is 0 Å². The number of ether oxygens (including phenoxy) is 1. The lowest BCUT2D eigenvalue weighted by Crippen LogP contribution is -2.06. The van der Waals surface area contributed by atoms with Crippen LogP contribution in [0.25, 0.3) is 10.9 Å². The lowest BCUT2D eigenvalue weighted by Gasteiger charge is -2.04. The fourth-order valence-electron chi connectivity index (χ4n) is 2.83. The zero-order chi connectivity index (χ0) is 17.8. The van der Waals surface area contributed by atoms with E-state index in [9.17, 15) is 14.9 Å². The van der Waals surface area contributed by atoms with Gasteiger partial charge in [0.1, 0.15) is 0 Å². The number of nitro groups is 1. The zero-order valence-corrected chi connectivity index (χ0v) is 13.7. The summed E-state index contributed by atoms with van der Waals surface area (Å²) < 4.78 is 6.62. The second kappa shape index (κ2) is 7.12. The van der Waals surface area contributed by atoms with E-state index in [0.29, 0.717) is 13.0 Å². The maximum absolute atomic E-state index is 11.4. The van der Waals surface area contributed by atoms with Crippen molar-refractivity contribution < 1.29 is 14.5 Å². The molecule has 0 aliphatic heterocycles. The summed E-state index contributed by atoms with van der Waals surface area (Å²) in [6.45, 7) is 0.452. The predicted octanol–water partition coefficient (Wildman–Crippen LogP) is 3.10. The maximum Gasteiger partial charge on any atom is 0.307 e. The minimum Gasteiger partial charge on any atom is -0.469 e. The molecule has 128 valence electrons. The third-order valence-electron chi connectivity index (χ3n) is 4.06. The summed E-state index contributed by atoms with van der Waals surface area (Å²) in [6.07, 6.45) is 6.26. The zero-order valence-electron chi connectivity index (χ0n) is 13.7. The number of nitrogens with zero attached hydrogens (tertiary/aromatic N) is 3. The van der Waals surface area contributed by atoms with Crippen LogP contribution in [0, 0.1) is 10.1 Å². The molecule has 0 saturated heterocycles. The number of aromatic nitrogens is 2. The minimum absolute atomic E-state index is 0.0469. The molecule has 0 bridgehead atoms. The molecule has 3 aromatic rings. The van der Waals surface area contributed by atoms with Gasteiger partial charge in [0.25, 0.3) is 5.69 Å². The Labute approximate surface area is 144 Å². The first kappa shape index (κ1) is 16.6. The number of esters is 1. The number of aryl methyl sites for hydroxylation is 1.